The van der Waals surface area contributed by atoms with Gasteiger partial charge >= 0.3 is 6.09 Å². The molecule has 2 rings (SSSR count). The van der Waals surface area contributed by atoms with Crippen molar-refractivity contribution in [3.63, 3.8) is 0 Å². The van der Waals surface area contributed by atoms with Gasteiger partial charge in [-0.3, -0.25) is 0 Å². The monoisotopic (exact) mass is 309 g/mol. The molecule has 1 amide bonds. The molecule has 1 aliphatic heterocycles. The van der Waals surface area contributed by atoms with Crippen molar-refractivity contribution >= 4 is 6.09 Å². The summed E-state index contributed by atoms with van der Waals surface area (Å²) in [6, 6.07) is 7.17. The summed E-state index contributed by atoms with van der Waals surface area (Å²) in [6.07, 6.45) is -0.0339. The molecule has 3 atom stereocenters. The van der Waals surface area contributed by atoms with E-state index in [1.807, 2.05) is 31.2 Å². The summed E-state index contributed by atoms with van der Waals surface area (Å²) >= 11 is 0. The molecular weight excluding hydrogens is 286 g/mol. The van der Waals surface area contributed by atoms with Crippen molar-refractivity contribution in [3.8, 4) is 5.75 Å². The van der Waals surface area contributed by atoms with Crippen LogP contribution in [0.15, 0.2) is 24.3 Å². The summed E-state index contributed by atoms with van der Waals surface area (Å²) in [4.78, 5) is 11.1. The molecule has 22 heavy (non-hydrogen) atoms. The zero-order valence-electron chi connectivity index (χ0n) is 13.0. The number of hydrogen-bond acceptors (Lipinski definition) is 5. The Morgan fingerprint density at radius 1 is 1.41 bits per heavy atom. The maximum absolute atomic E-state index is 11.1. The average molecular weight is 309 g/mol. The van der Waals surface area contributed by atoms with E-state index in [2.05, 4.69) is 5.32 Å². The molecule has 1 aromatic carbocycles. The van der Waals surface area contributed by atoms with E-state index in [1.54, 1.807) is 7.11 Å². The second-order valence-corrected chi connectivity index (χ2v) is 5.33. The lowest BCUT2D eigenvalue weighted by Crippen LogP contribution is -2.46. The highest BCUT2D eigenvalue weighted by Gasteiger charge is 2.34. The predicted molar refractivity (Wildman–Crippen MR) is 80.8 cm³/mol. The number of cyclic esters (lactones) is 1. The highest BCUT2D eigenvalue weighted by Crippen LogP contribution is 2.17. The third kappa shape index (κ3) is 4.35. The summed E-state index contributed by atoms with van der Waals surface area (Å²) in [5.41, 5.74) is 1.00. The second-order valence-electron chi connectivity index (χ2n) is 5.33. The number of hydrogen-bond donors (Lipinski definition) is 2. The van der Waals surface area contributed by atoms with E-state index in [4.69, 9.17) is 14.2 Å². The van der Waals surface area contributed by atoms with Crippen LogP contribution < -0.4 is 10.1 Å². The zero-order valence-corrected chi connectivity index (χ0v) is 13.0. The van der Waals surface area contributed by atoms with Crippen LogP contribution in [0.1, 0.15) is 25.3 Å². The van der Waals surface area contributed by atoms with Gasteiger partial charge in [0.25, 0.3) is 0 Å². The fourth-order valence-electron chi connectivity index (χ4n) is 2.41. The number of carbonyl (C=O) groups is 1. The minimum Gasteiger partial charge on any atom is -0.497 e. The molecular formula is C16H23NO5. The van der Waals surface area contributed by atoms with Crippen LogP contribution in [-0.4, -0.2) is 43.2 Å². The third-order valence-corrected chi connectivity index (χ3v) is 3.69. The standard InChI is InChI=1S/C16H23NO5/c1-3-4-14(15(18)13-10-22-16(19)17-13)21-9-11-5-7-12(20-2)8-6-11/h5-8,13-15,18H,3-4,9-10H2,1-2H3,(H,17,19)/t13-,14+,15-/m0/s1. The number of ether oxygens (including phenoxy) is 3. The first kappa shape index (κ1) is 16.6. The second kappa shape index (κ2) is 8.00. The van der Waals surface area contributed by atoms with Crippen LogP contribution in [0.2, 0.25) is 0 Å². The maximum Gasteiger partial charge on any atom is 0.407 e. The molecule has 1 aliphatic rings. The zero-order chi connectivity index (χ0) is 15.9. The SMILES string of the molecule is CCC[C@@H](OCc1ccc(OC)cc1)[C@@H](O)[C@@H]1COC(=O)N1. The molecule has 0 spiro atoms. The van der Waals surface area contributed by atoms with E-state index in [1.165, 1.54) is 0 Å². The van der Waals surface area contributed by atoms with Crippen molar-refractivity contribution < 1.29 is 24.1 Å². The Bertz CT molecular complexity index is 476. The molecule has 0 unspecified atom stereocenters. The molecule has 1 fully saturated rings. The molecule has 0 aromatic heterocycles. The normalized spacial score (nSPS) is 20.1. The van der Waals surface area contributed by atoms with Crippen LogP contribution in [-0.2, 0) is 16.1 Å². The molecule has 1 saturated heterocycles. The van der Waals surface area contributed by atoms with E-state index in [-0.39, 0.29) is 12.7 Å². The fraction of sp³-hybridized carbons (Fsp3) is 0.562. The summed E-state index contributed by atoms with van der Waals surface area (Å²) in [6.45, 7) is 2.60. The van der Waals surface area contributed by atoms with Crippen LogP contribution in [0.4, 0.5) is 4.79 Å². The fourth-order valence-corrected chi connectivity index (χ4v) is 2.41. The predicted octanol–water partition coefficient (Wildman–Crippen LogP) is 1.85. The molecule has 0 aliphatic carbocycles. The van der Waals surface area contributed by atoms with Gasteiger partial charge in [-0.15, -0.1) is 0 Å². The lowest BCUT2D eigenvalue weighted by Gasteiger charge is -2.26. The van der Waals surface area contributed by atoms with Crippen molar-refractivity contribution in [2.45, 2.75) is 44.6 Å². The number of nitrogens with one attached hydrogen (secondary N) is 1. The van der Waals surface area contributed by atoms with E-state index < -0.39 is 18.2 Å². The Kier molecular flexibility index (Phi) is 6.03. The number of rotatable bonds is 8. The highest BCUT2D eigenvalue weighted by molar-refractivity contribution is 5.69. The first-order valence-corrected chi connectivity index (χ1v) is 7.50. The summed E-state index contributed by atoms with van der Waals surface area (Å²) in [5.74, 6) is 0.791. The van der Waals surface area contributed by atoms with Gasteiger partial charge in [0.2, 0.25) is 0 Å². The quantitative estimate of drug-likeness (QED) is 0.766. The van der Waals surface area contributed by atoms with Crippen LogP contribution in [0, 0.1) is 0 Å². The molecule has 0 radical (unpaired) electrons. The van der Waals surface area contributed by atoms with Crippen molar-refractivity contribution in [1.29, 1.82) is 0 Å². The topological polar surface area (TPSA) is 77.0 Å². The highest BCUT2D eigenvalue weighted by atomic mass is 16.6. The van der Waals surface area contributed by atoms with Crippen molar-refractivity contribution in [3.05, 3.63) is 29.8 Å². The van der Waals surface area contributed by atoms with Gasteiger partial charge < -0.3 is 24.6 Å². The Balaban J connectivity index is 1.91. The molecule has 0 bridgehead atoms. The Hall–Kier alpha value is -1.79. The number of amides is 1. The van der Waals surface area contributed by atoms with Gasteiger partial charge in [0.05, 0.1) is 25.9 Å². The van der Waals surface area contributed by atoms with Crippen LogP contribution in [0.5, 0.6) is 5.75 Å². The van der Waals surface area contributed by atoms with Gasteiger partial charge in [-0.25, -0.2) is 4.79 Å². The summed E-state index contributed by atoms with van der Waals surface area (Å²) < 4.78 is 15.8. The lowest BCUT2D eigenvalue weighted by molar-refractivity contribution is -0.0623. The third-order valence-electron chi connectivity index (χ3n) is 3.69. The first-order chi connectivity index (χ1) is 10.6. The molecule has 6 heteroatoms. The van der Waals surface area contributed by atoms with Gasteiger partial charge in [0.1, 0.15) is 18.5 Å². The molecule has 122 valence electrons. The van der Waals surface area contributed by atoms with E-state index >= 15 is 0 Å². The summed E-state index contributed by atoms with van der Waals surface area (Å²) in [5, 5.41) is 13.0. The largest absolute Gasteiger partial charge is 0.497 e. The van der Waals surface area contributed by atoms with Crippen molar-refractivity contribution in [1.82, 2.24) is 5.32 Å². The molecule has 1 aromatic rings. The minimum absolute atomic E-state index is 0.173. The molecule has 0 saturated carbocycles. The molecule has 2 N–H and O–H groups in total. The molecule has 6 nitrogen and oxygen atoms in total. The van der Waals surface area contributed by atoms with Gasteiger partial charge in [-0.2, -0.15) is 0 Å². The lowest BCUT2D eigenvalue weighted by atomic mass is 10.0. The molecule has 1 heterocycles. The smallest absolute Gasteiger partial charge is 0.407 e. The van der Waals surface area contributed by atoms with Crippen LogP contribution in [0.3, 0.4) is 0 Å². The number of aliphatic hydroxyl groups excluding tert-OH is 1. The maximum atomic E-state index is 11.1. The summed E-state index contributed by atoms with van der Waals surface area (Å²) in [7, 11) is 1.62. The van der Waals surface area contributed by atoms with Crippen molar-refractivity contribution in [2.75, 3.05) is 13.7 Å². The first-order valence-electron chi connectivity index (χ1n) is 7.50. The average Bonchev–Trinajstić information content (AvgIpc) is 2.98. The number of alkyl carbamates (subject to hydrolysis) is 1. The number of benzene rings is 1. The van der Waals surface area contributed by atoms with Gasteiger partial charge in [-0.05, 0) is 24.1 Å². The Morgan fingerprint density at radius 3 is 2.68 bits per heavy atom. The van der Waals surface area contributed by atoms with E-state index in [0.29, 0.717) is 13.0 Å². The van der Waals surface area contributed by atoms with Gasteiger partial charge in [0, 0.05) is 0 Å². The van der Waals surface area contributed by atoms with Crippen LogP contribution >= 0.6 is 0 Å². The Morgan fingerprint density at radius 2 is 2.14 bits per heavy atom. The van der Waals surface area contributed by atoms with E-state index in [9.17, 15) is 9.90 Å². The van der Waals surface area contributed by atoms with Crippen LogP contribution in [0.25, 0.3) is 0 Å². The van der Waals surface area contributed by atoms with Crippen molar-refractivity contribution in [2.24, 2.45) is 0 Å². The number of carbonyl (C=O) groups excluding carboxylic acids is 1. The van der Waals surface area contributed by atoms with Gasteiger partial charge in [0.15, 0.2) is 0 Å². The minimum atomic E-state index is -0.787. The number of methoxy groups -OCH3 is 1. The Labute approximate surface area is 130 Å². The number of aliphatic hydroxyl groups is 1. The van der Waals surface area contributed by atoms with E-state index in [0.717, 1.165) is 17.7 Å². The van der Waals surface area contributed by atoms with Gasteiger partial charge in [-0.1, -0.05) is 25.5 Å².